The van der Waals surface area contributed by atoms with E-state index in [1.54, 1.807) is 30.3 Å². The maximum atomic E-state index is 12.5. The van der Waals surface area contributed by atoms with Crippen LogP contribution in [0, 0.1) is 0 Å². The van der Waals surface area contributed by atoms with Gasteiger partial charge in [0.25, 0.3) is 5.91 Å². The summed E-state index contributed by atoms with van der Waals surface area (Å²) in [6.45, 7) is 0.339. The zero-order valence-electron chi connectivity index (χ0n) is 13.5. The second-order valence-electron chi connectivity index (χ2n) is 5.76. The van der Waals surface area contributed by atoms with Crippen molar-refractivity contribution in [2.75, 3.05) is 6.26 Å². The molecule has 2 aromatic carbocycles. The Labute approximate surface area is 140 Å². The number of aromatic nitrogens is 1. The lowest BCUT2D eigenvalue weighted by molar-refractivity contribution is 0.0952. The highest BCUT2D eigenvalue weighted by atomic mass is 32.2. The highest BCUT2D eigenvalue weighted by molar-refractivity contribution is 7.90. The van der Waals surface area contributed by atoms with Crippen molar-refractivity contribution in [1.29, 1.82) is 0 Å². The van der Waals surface area contributed by atoms with Gasteiger partial charge in [-0.25, -0.2) is 8.42 Å². The number of nitrogens with one attached hydrogen (secondary N) is 1. The standard InChI is InChI=1S/C18H18N2O3S/c1-20-11-10-15-16(4-3-5-17(15)20)18(21)19-12-13-6-8-14(9-7-13)24(2,22)23/h3-11H,12H2,1-2H3,(H,19,21). The first-order valence-corrected chi connectivity index (χ1v) is 9.36. The van der Waals surface area contributed by atoms with Gasteiger partial charge in [-0.3, -0.25) is 4.79 Å². The molecule has 0 bridgehead atoms. The van der Waals surface area contributed by atoms with Crippen LogP contribution in [0.2, 0.25) is 0 Å². The van der Waals surface area contributed by atoms with E-state index in [0.29, 0.717) is 12.1 Å². The number of aryl methyl sites for hydroxylation is 1. The van der Waals surface area contributed by atoms with E-state index in [9.17, 15) is 13.2 Å². The van der Waals surface area contributed by atoms with Crippen molar-refractivity contribution in [2.45, 2.75) is 11.4 Å². The second-order valence-corrected chi connectivity index (χ2v) is 7.78. The van der Waals surface area contributed by atoms with Gasteiger partial charge in [-0.05, 0) is 35.9 Å². The van der Waals surface area contributed by atoms with Gasteiger partial charge in [-0.2, -0.15) is 0 Å². The van der Waals surface area contributed by atoms with Gasteiger partial charge in [-0.1, -0.05) is 18.2 Å². The fraction of sp³-hybridized carbons (Fsp3) is 0.167. The van der Waals surface area contributed by atoms with Gasteiger partial charge in [0, 0.05) is 42.5 Å². The number of nitrogens with zero attached hydrogens (tertiary/aromatic N) is 1. The van der Waals surface area contributed by atoms with Gasteiger partial charge >= 0.3 is 0 Å². The molecule has 0 saturated carbocycles. The van der Waals surface area contributed by atoms with E-state index in [4.69, 9.17) is 0 Å². The van der Waals surface area contributed by atoms with E-state index >= 15 is 0 Å². The molecule has 1 amide bonds. The molecule has 0 spiro atoms. The largest absolute Gasteiger partial charge is 0.351 e. The van der Waals surface area contributed by atoms with Gasteiger partial charge in [0.2, 0.25) is 0 Å². The Bertz CT molecular complexity index is 1000. The average molecular weight is 342 g/mol. The Balaban J connectivity index is 1.75. The third-order valence-corrected chi connectivity index (χ3v) is 5.11. The van der Waals surface area contributed by atoms with E-state index in [0.717, 1.165) is 16.5 Å². The number of hydrogen-bond acceptors (Lipinski definition) is 3. The molecule has 0 radical (unpaired) electrons. The first-order chi connectivity index (χ1) is 11.4. The lowest BCUT2D eigenvalue weighted by atomic mass is 10.1. The molecule has 124 valence electrons. The van der Waals surface area contributed by atoms with Crippen molar-refractivity contribution >= 4 is 26.6 Å². The van der Waals surface area contributed by atoms with E-state index in [1.807, 2.05) is 36.0 Å². The third kappa shape index (κ3) is 3.19. The topological polar surface area (TPSA) is 68.2 Å². The van der Waals surface area contributed by atoms with E-state index in [2.05, 4.69) is 5.32 Å². The van der Waals surface area contributed by atoms with Crippen molar-refractivity contribution in [2.24, 2.45) is 7.05 Å². The normalized spacial score (nSPS) is 11.6. The maximum Gasteiger partial charge on any atom is 0.252 e. The molecule has 24 heavy (non-hydrogen) atoms. The quantitative estimate of drug-likeness (QED) is 0.792. The third-order valence-electron chi connectivity index (χ3n) is 3.98. The van der Waals surface area contributed by atoms with Crippen LogP contribution in [0.4, 0.5) is 0 Å². The van der Waals surface area contributed by atoms with Crippen molar-refractivity contribution in [1.82, 2.24) is 9.88 Å². The average Bonchev–Trinajstić information content (AvgIpc) is 2.94. The van der Waals surface area contributed by atoms with Crippen LogP contribution in [0.1, 0.15) is 15.9 Å². The fourth-order valence-corrected chi connectivity index (χ4v) is 3.26. The van der Waals surface area contributed by atoms with Crippen LogP contribution in [0.5, 0.6) is 0 Å². The number of hydrogen-bond donors (Lipinski definition) is 1. The van der Waals surface area contributed by atoms with Crippen LogP contribution in [0.3, 0.4) is 0 Å². The van der Waals surface area contributed by atoms with Gasteiger partial charge in [0.1, 0.15) is 0 Å². The molecule has 0 saturated heterocycles. The summed E-state index contributed by atoms with van der Waals surface area (Å²) in [4.78, 5) is 12.7. The predicted octanol–water partition coefficient (Wildman–Crippen LogP) is 2.51. The zero-order chi connectivity index (χ0) is 17.3. The highest BCUT2D eigenvalue weighted by Gasteiger charge is 2.11. The number of fused-ring (bicyclic) bond motifs is 1. The van der Waals surface area contributed by atoms with Gasteiger partial charge in [0.15, 0.2) is 9.84 Å². The van der Waals surface area contributed by atoms with Crippen LogP contribution in [-0.4, -0.2) is 25.1 Å². The summed E-state index contributed by atoms with van der Waals surface area (Å²) >= 11 is 0. The van der Waals surface area contributed by atoms with Crippen LogP contribution >= 0.6 is 0 Å². The van der Waals surface area contributed by atoms with Gasteiger partial charge < -0.3 is 9.88 Å². The second kappa shape index (κ2) is 6.13. The molecule has 5 nitrogen and oxygen atoms in total. The molecule has 0 aliphatic rings. The molecule has 6 heteroatoms. The van der Waals surface area contributed by atoms with Crippen LogP contribution in [0.15, 0.2) is 59.6 Å². The number of carbonyl (C=O) groups excluding carboxylic acids is 1. The summed E-state index contributed by atoms with van der Waals surface area (Å²) in [5, 5.41) is 3.78. The summed E-state index contributed by atoms with van der Waals surface area (Å²) in [6.07, 6.45) is 3.09. The first kappa shape index (κ1) is 16.3. The molecular formula is C18H18N2O3S. The van der Waals surface area contributed by atoms with E-state index < -0.39 is 9.84 Å². The van der Waals surface area contributed by atoms with Crippen molar-refractivity contribution < 1.29 is 13.2 Å². The highest BCUT2D eigenvalue weighted by Crippen LogP contribution is 2.19. The predicted molar refractivity (Wildman–Crippen MR) is 93.6 cm³/mol. The lowest BCUT2D eigenvalue weighted by Gasteiger charge is -2.08. The Morgan fingerprint density at radius 1 is 1.08 bits per heavy atom. The van der Waals surface area contributed by atoms with Crippen LogP contribution in [0.25, 0.3) is 10.9 Å². The summed E-state index contributed by atoms with van der Waals surface area (Å²) in [5.41, 5.74) is 2.47. The molecule has 3 rings (SSSR count). The zero-order valence-corrected chi connectivity index (χ0v) is 14.3. The fourth-order valence-electron chi connectivity index (χ4n) is 2.63. The van der Waals surface area contributed by atoms with Gasteiger partial charge in [-0.15, -0.1) is 0 Å². The number of amides is 1. The number of rotatable bonds is 4. The SMILES string of the molecule is Cn1ccc2c(C(=O)NCc3ccc(S(C)(=O)=O)cc3)cccc21. The number of carbonyl (C=O) groups is 1. The molecule has 0 unspecified atom stereocenters. The minimum Gasteiger partial charge on any atom is -0.351 e. The molecule has 0 aliphatic heterocycles. The van der Waals surface area contributed by atoms with Crippen molar-refractivity contribution in [3.63, 3.8) is 0 Å². The minimum atomic E-state index is -3.21. The summed E-state index contributed by atoms with van der Waals surface area (Å²) in [5.74, 6) is -0.154. The molecule has 0 fully saturated rings. The molecule has 3 aromatic rings. The number of benzene rings is 2. The molecule has 1 aromatic heterocycles. The monoisotopic (exact) mass is 342 g/mol. The Kier molecular flexibility index (Phi) is 4.15. The summed E-state index contributed by atoms with van der Waals surface area (Å²) in [7, 11) is -1.27. The number of sulfone groups is 1. The van der Waals surface area contributed by atoms with Crippen molar-refractivity contribution in [3.05, 3.63) is 65.9 Å². The molecule has 1 N–H and O–H groups in total. The van der Waals surface area contributed by atoms with E-state index in [1.165, 1.54) is 6.26 Å². The smallest absolute Gasteiger partial charge is 0.252 e. The Hall–Kier alpha value is -2.60. The summed E-state index contributed by atoms with van der Waals surface area (Å²) in [6, 6.07) is 14.1. The molecule has 0 aliphatic carbocycles. The molecule has 0 atom stereocenters. The van der Waals surface area contributed by atoms with Gasteiger partial charge in [0.05, 0.1) is 4.90 Å². The Morgan fingerprint density at radius 2 is 1.79 bits per heavy atom. The minimum absolute atomic E-state index is 0.154. The van der Waals surface area contributed by atoms with Crippen molar-refractivity contribution in [3.8, 4) is 0 Å². The Morgan fingerprint density at radius 3 is 2.46 bits per heavy atom. The molecule has 1 heterocycles. The first-order valence-electron chi connectivity index (χ1n) is 7.47. The van der Waals surface area contributed by atoms with Crippen LogP contribution < -0.4 is 5.32 Å². The lowest BCUT2D eigenvalue weighted by Crippen LogP contribution is -2.23. The van der Waals surface area contributed by atoms with E-state index in [-0.39, 0.29) is 10.8 Å². The molecular weight excluding hydrogens is 324 g/mol. The van der Waals surface area contributed by atoms with Crippen LogP contribution in [-0.2, 0) is 23.4 Å². The maximum absolute atomic E-state index is 12.5. The summed E-state index contributed by atoms with van der Waals surface area (Å²) < 4.78 is 24.9.